The van der Waals surface area contributed by atoms with Gasteiger partial charge in [-0.05, 0) is 29.8 Å². The number of amides is 2. The molecule has 1 heterocycles. The second kappa shape index (κ2) is 8.20. The lowest BCUT2D eigenvalue weighted by Gasteiger charge is -2.35. The Labute approximate surface area is 158 Å². The fourth-order valence-corrected chi connectivity index (χ4v) is 3.14. The molecular formula is C21H23FN2O3. The normalized spacial score (nSPS) is 15.9. The first-order valence-corrected chi connectivity index (χ1v) is 8.96. The first kappa shape index (κ1) is 18.9. The highest BCUT2D eigenvalue weighted by Gasteiger charge is 2.42. The summed E-state index contributed by atoms with van der Waals surface area (Å²) in [4.78, 5) is 26.4. The summed E-state index contributed by atoms with van der Waals surface area (Å²) in [5.41, 5.74) is -0.497. The molecule has 0 bridgehead atoms. The number of benzene rings is 2. The van der Waals surface area contributed by atoms with E-state index < -0.39 is 11.6 Å². The zero-order chi connectivity index (χ0) is 19.3. The lowest BCUT2D eigenvalue weighted by Crippen LogP contribution is -2.52. The molecule has 27 heavy (non-hydrogen) atoms. The number of halogens is 1. The van der Waals surface area contributed by atoms with Crippen LogP contribution in [0, 0.1) is 0 Å². The molecule has 0 unspecified atom stereocenters. The number of carbonyl (C=O) groups is 2. The zero-order valence-corrected chi connectivity index (χ0v) is 15.3. The van der Waals surface area contributed by atoms with Gasteiger partial charge in [-0.15, -0.1) is 0 Å². The monoisotopic (exact) mass is 370 g/mol. The summed E-state index contributed by atoms with van der Waals surface area (Å²) in [5.74, 6) is -0.102. The number of rotatable bonds is 5. The van der Waals surface area contributed by atoms with Crippen LogP contribution < -0.4 is 10.1 Å². The standard InChI is InChI=1S/C21H23FN2O3/c1-27-18-9-7-17(8-10-18)19(25)24-13-11-21(22,12-14-24)20(26)23-15-16-5-3-2-4-6-16/h2-10H,11-15H2,1H3,(H,23,26). The smallest absolute Gasteiger partial charge is 0.258 e. The van der Waals surface area contributed by atoms with Crippen molar-refractivity contribution in [2.45, 2.75) is 25.1 Å². The van der Waals surface area contributed by atoms with Crippen molar-refractivity contribution in [3.8, 4) is 5.75 Å². The summed E-state index contributed by atoms with van der Waals surface area (Å²) in [6.07, 6.45) is -0.00889. The first-order chi connectivity index (χ1) is 13.0. The Hall–Kier alpha value is -2.89. The third kappa shape index (κ3) is 4.45. The van der Waals surface area contributed by atoms with Crippen LogP contribution in [0.4, 0.5) is 4.39 Å². The lowest BCUT2D eigenvalue weighted by atomic mass is 9.92. The Bertz CT molecular complexity index is 785. The predicted octanol–water partition coefficient (Wildman–Crippen LogP) is 2.96. The first-order valence-electron chi connectivity index (χ1n) is 8.96. The van der Waals surface area contributed by atoms with Gasteiger partial charge in [0.1, 0.15) is 5.75 Å². The van der Waals surface area contributed by atoms with Crippen molar-refractivity contribution in [2.24, 2.45) is 0 Å². The van der Waals surface area contributed by atoms with Crippen molar-refractivity contribution in [3.05, 3.63) is 65.7 Å². The van der Waals surface area contributed by atoms with Gasteiger partial charge in [-0.3, -0.25) is 9.59 Å². The minimum absolute atomic E-state index is 0.00445. The molecule has 142 valence electrons. The van der Waals surface area contributed by atoms with Crippen LogP contribution in [0.3, 0.4) is 0 Å². The molecule has 1 aliphatic heterocycles. The van der Waals surface area contributed by atoms with Crippen LogP contribution in [0.15, 0.2) is 54.6 Å². The van der Waals surface area contributed by atoms with E-state index in [4.69, 9.17) is 4.74 Å². The minimum atomic E-state index is -1.94. The van der Waals surface area contributed by atoms with E-state index in [1.54, 1.807) is 36.3 Å². The lowest BCUT2D eigenvalue weighted by molar-refractivity contribution is -0.135. The number of piperidine rings is 1. The van der Waals surface area contributed by atoms with Crippen molar-refractivity contribution in [2.75, 3.05) is 20.2 Å². The summed E-state index contributed by atoms with van der Waals surface area (Å²) >= 11 is 0. The second-order valence-corrected chi connectivity index (χ2v) is 6.65. The maximum absolute atomic E-state index is 15.0. The number of nitrogens with zero attached hydrogens (tertiary/aromatic N) is 1. The molecule has 0 saturated carbocycles. The summed E-state index contributed by atoms with van der Waals surface area (Å²) in [7, 11) is 1.56. The van der Waals surface area contributed by atoms with Crippen molar-refractivity contribution < 1.29 is 18.7 Å². The Morgan fingerprint density at radius 2 is 1.70 bits per heavy atom. The van der Waals surface area contributed by atoms with E-state index in [9.17, 15) is 9.59 Å². The number of ether oxygens (including phenoxy) is 1. The number of methoxy groups -OCH3 is 1. The highest BCUT2D eigenvalue weighted by atomic mass is 19.1. The van der Waals surface area contributed by atoms with Crippen LogP contribution in [0.1, 0.15) is 28.8 Å². The van der Waals surface area contributed by atoms with E-state index in [0.29, 0.717) is 17.9 Å². The molecule has 2 aromatic rings. The van der Waals surface area contributed by atoms with Crippen molar-refractivity contribution in [1.82, 2.24) is 10.2 Å². The number of nitrogens with one attached hydrogen (secondary N) is 1. The summed E-state index contributed by atoms with van der Waals surface area (Å²) in [5, 5.41) is 2.67. The molecule has 2 amide bonds. The van der Waals surface area contributed by atoms with Gasteiger partial charge in [-0.2, -0.15) is 0 Å². The Balaban J connectivity index is 1.54. The van der Waals surface area contributed by atoms with E-state index in [2.05, 4.69) is 5.32 Å². The van der Waals surface area contributed by atoms with Gasteiger partial charge in [-0.25, -0.2) is 4.39 Å². The van der Waals surface area contributed by atoms with Crippen LogP contribution in [0.25, 0.3) is 0 Å². The number of alkyl halides is 1. The molecule has 0 radical (unpaired) electrons. The van der Waals surface area contributed by atoms with E-state index in [1.807, 2.05) is 30.3 Å². The van der Waals surface area contributed by atoms with Gasteiger partial charge < -0.3 is 15.0 Å². The largest absolute Gasteiger partial charge is 0.497 e. The molecule has 3 rings (SSSR count). The fraction of sp³-hybridized carbons (Fsp3) is 0.333. The number of hydrogen-bond acceptors (Lipinski definition) is 3. The topological polar surface area (TPSA) is 58.6 Å². The number of carbonyl (C=O) groups excluding carboxylic acids is 2. The van der Waals surface area contributed by atoms with Crippen LogP contribution in [0.2, 0.25) is 0 Å². The molecule has 5 nitrogen and oxygen atoms in total. The Morgan fingerprint density at radius 3 is 2.30 bits per heavy atom. The van der Waals surface area contributed by atoms with Gasteiger partial charge in [0.2, 0.25) is 0 Å². The third-order valence-electron chi connectivity index (χ3n) is 4.88. The molecule has 2 aromatic carbocycles. The summed E-state index contributed by atoms with van der Waals surface area (Å²) < 4.78 is 20.1. The number of likely N-dealkylation sites (tertiary alicyclic amines) is 1. The van der Waals surface area contributed by atoms with Crippen LogP contribution in [-0.2, 0) is 11.3 Å². The molecule has 1 fully saturated rings. The van der Waals surface area contributed by atoms with Gasteiger partial charge in [0, 0.05) is 38.0 Å². The van der Waals surface area contributed by atoms with Crippen LogP contribution in [-0.4, -0.2) is 42.6 Å². The summed E-state index contributed by atoms with van der Waals surface area (Å²) in [6.45, 7) is 0.708. The Kier molecular flexibility index (Phi) is 5.74. The van der Waals surface area contributed by atoms with E-state index in [-0.39, 0.29) is 31.8 Å². The highest BCUT2D eigenvalue weighted by molar-refractivity contribution is 5.94. The minimum Gasteiger partial charge on any atom is -0.497 e. The summed E-state index contributed by atoms with van der Waals surface area (Å²) in [6, 6.07) is 16.2. The third-order valence-corrected chi connectivity index (χ3v) is 4.88. The van der Waals surface area contributed by atoms with E-state index in [0.717, 1.165) is 5.56 Å². The average Bonchev–Trinajstić information content (AvgIpc) is 2.73. The van der Waals surface area contributed by atoms with E-state index in [1.165, 1.54) is 0 Å². The van der Waals surface area contributed by atoms with Crippen molar-refractivity contribution in [3.63, 3.8) is 0 Å². The number of hydrogen-bond donors (Lipinski definition) is 1. The van der Waals surface area contributed by atoms with Gasteiger partial charge >= 0.3 is 0 Å². The van der Waals surface area contributed by atoms with E-state index >= 15 is 4.39 Å². The Morgan fingerprint density at radius 1 is 1.07 bits per heavy atom. The molecule has 0 atom stereocenters. The van der Waals surface area contributed by atoms with Gasteiger partial charge in [0.05, 0.1) is 7.11 Å². The molecule has 6 heteroatoms. The second-order valence-electron chi connectivity index (χ2n) is 6.65. The fourth-order valence-electron chi connectivity index (χ4n) is 3.14. The van der Waals surface area contributed by atoms with Gasteiger partial charge in [-0.1, -0.05) is 30.3 Å². The van der Waals surface area contributed by atoms with Crippen molar-refractivity contribution >= 4 is 11.8 Å². The highest BCUT2D eigenvalue weighted by Crippen LogP contribution is 2.28. The molecular weight excluding hydrogens is 347 g/mol. The van der Waals surface area contributed by atoms with Crippen molar-refractivity contribution in [1.29, 1.82) is 0 Å². The SMILES string of the molecule is COc1ccc(C(=O)N2CCC(F)(C(=O)NCc3ccccc3)CC2)cc1. The van der Waals surface area contributed by atoms with Gasteiger partial charge in [0.25, 0.3) is 11.8 Å². The maximum Gasteiger partial charge on any atom is 0.258 e. The molecule has 1 aliphatic rings. The van der Waals surface area contributed by atoms with Gasteiger partial charge in [0.15, 0.2) is 5.67 Å². The van der Waals surface area contributed by atoms with Crippen LogP contribution in [0.5, 0.6) is 5.75 Å². The van der Waals surface area contributed by atoms with Crippen LogP contribution >= 0.6 is 0 Å². The molecule has 0 aliphatic carbocycles. The predicted molar refractivity (Wildman–Crippen MR) is 100 cm³/mol. The molecule has 1 saturated heterocycles. The molecule has 0 aromatic heterocycles. The quantitative estimate of drug-likeness (QED) is 0.880. The maximum atomic E-state index is 15.0. The zero-order valence-electron chi connectivity index (χ0n) is 15.3. The molecule has 1 N–H and O–H groups in total. The average molecular weight is 370 g/mol. The molecule has 0 spiro atoms.